The molecule has 3 heterocycles. The van der Waals surface area contributed by atoms with Crippen molar-refractivity contribution in [1.29, 1.82) is 0 Å². The van der Waals surface area contributed by atoms with Gasteiger partial charge in [-0.1, -0.05) is 6.07 Å². The maximum absolute atomic E-state index is 12.5. The van der Waals surface area contributed by atoms with Crippen LogP contribution < -0.4 is 10.0 Å². The van der Waals surface area contributed by atoms with E-state index >= 15 is 0 Å². The predicted molar refractivity (Wildman–Crippen MR) is 94.4 cm³/mol. The number of nitrogens with zero attached hydrogens (tertiary/aromatic N) is 1. The van der Waals surface area contributed by atoms with Crippen LogP contribution in [-0.2, 0) is 10.0 Å². The van der Waals surface area contributed by atoms with Gasteiger partial charge in [0.05, 0.1) is 16.2 Å². The maximum atomic E-state index is 12.5. The summed E-state index contributed by atoms with van der Waals surface area (Å²) in [5.41, 5.74) is -0.241. The molecule has 0 aromatic carbocycles. The molecule has 1 aliphatic heterocycles. The summed E-state index contributed by atoms with van der Waals surface area (Å²) >= 11 is 1.18. The summed E-state index contributed by atoms with van der Waals surface area (Å²) in [6, 6.07) is 8.86. The largest absolute Gasteiger partial charge is 0.388 e. The zero-order chi connectivity index (χ0) is 17.0. The molecule has 1 aliphatic rings. The van der Waals surface area contributed by atoms with Gasteiger partial charge < -0.3 is 10.4 Å². The Morgan fingerprint density at radius 2 is 2.12 bits per heavy atom. The van der Waals surface area contributed by atoms with Gasteiger partial charge in [-0.15, -0.1) is 11.3 Å². The highest BCUT2D eigenvalue weighted by Gasteiger charge is 2.30. The summed E-state index contributed by atoms with van der Waals surface area (Å²) in [4.78, 5) is 5.03. The lowest BCUT2D eigenvalue weighted by Gasteiger charge is -2.26. The first-order valence-electron chi connectivity index (χ1n) is 7.93. The van der Waals surface area contributed by atoms with Gasteiger partial charge in [-0.2, -0.15) is 0 Å². The van der Waals surface area contributed by atoms with Crippen LogP contribution in [0.1, 0.15) is 19.3 Å². The van der Waals surface area contributed by atoms with Crippen LogP contribution in [0.15, 0.2) is 40.7 Å². The molecule has 1 fully saturated rings. The average Bonchev–Trinajstić information content (AvgIpc) is 2.99. The van der Waals surface area contributed by atoms with Crippen LogP contribution in [0.3, 0.4) is 0 Å². The summed E-state index contributed by atoms with van der Waals surface area (Å²) in [6.07, 6.45) is 3.64. The number of aromatic nitrogens is 1. The third kappa shape index (κ3) is 4.20. The van der Waals surface area contributed by atoms with Crippen molar-refractivity contribution in [2.24, 2.45) is 0 Å². The second kappa shape index (κ2) is 7.28. The lowest BCUT2D eigenvalue weighted by Crippen LogP contribution is -2.43. The highest BCUT2D eigenvalue weighted by molar-refractivity contribution is 7.91. The van der Waals surface area contributed by atoms with Crippen LogP contribution in [-0.4, -0.2) is 43.7 Å². The quantitative estimate of drug-likeness (QED) is 0.747. The summed E-state index contributed by atoms with van der Waals surface area (Å²) in [5, 5.41) is 13.8. The maximum Gasteiger partial charge on any atom is 0.250 e. The minimum Gasteiger partial charge on any atom is -0.388 e. The number of thiophene rings is 1. The minimum atomic E-state index is -3.64. The molecule has 1 atom stereocenters. The Morgan fingerprint density at radius 1 is 1.25 bits per heavy atom. The monoisotopic (exact) mass is 367 g/mol. The Hall–Kier alpha value is -1.32. The van der Waals surface area contributed by atoms with E-state index in [2.05, 4.69) is 15.0 Å². The molecule has 8 heteroatoms. The lowest BCUT2D eigenvalue weighted by molar-refractivity contribution is 0.0335. The van der Waals surface area contributed by atoms with E-state index in [0.717, 1.165) is 23.5 Å². The van der Waals surface area contributed by atoms with Crippen LogP contribution >= 0.6 is 11.3 Å². The fourth-order valence-corrected chi connectivity index (χ4v) is 5.15. The molecule has 24 heavy (non-hydrogen) atoms. The zero-order valence-electron chi connectivity index (χ0n) is 13.2. The van der Waals surface area contributed by atoms with Gasteiger partial charge in [0.15, 0.2) is 0 Å². The fourth-order valence-electron chi connectivity index (χ4n) is 2.70. The van der Waals surface area contributed by atoms with Crippen molar-refractivity contribution >= 4 is 21.4 Å². The molecule has 0 saturated carbocycles. The number of nitrogens with one attached hydrogen (secondary N) is 2. The third-order valence-electron chi connectivity index (χ3n) is 4.12. The van der Waals surface area contributed by atoms with Gasteiger partial charge >= 0.3 is 0 Å². The smallest absolute Gasteiger partial charge is 0.250 e. The number of aliphatic hydroxyl groups is 1. The van der Waals surface area contributed by atoms with Crippen molar-refractivity contribution in [3.05, 3.63) is 36.5 Å². The van der Waals surface area contributed by atoms with E-state index in [1.54, 1.807) is 18.3 Å². The standard InChI is InChI=1S/C16H21N3O3S2/c20-16(7-3-9-17-11-8-16)12-19-24(21,22)15-6-5-14(23-15)13-4-1-2-10-18-13/h1-2,4-6,10,17,19-20H,3,7-9,11-12H2/t16-/m0/s1. The SMILES string of the molecule is O=S(=O)(NC[C@]1(O)CCCNCC1)c1ccc(-c2ccccn2)s1. The Morgan fingerprint density at radius 3 is 2.92 bits per heavy atom. The number of rotatable bonds is 5. The summed E-state index contributed by atoms with van der Waals surface area (Å²) < 4.78 is 27.8. The van der Waals surface area contributed by atoms with E-state index in [1.807, 2.05) is 18.2 Å². The molecule has 1 saturated heterocycles. The molecule has 6 nitrogen and oxygen atoms in total. The highest BCUT2D eigenvalue weighted by Crippen LogP contribution is 2.29. The molecule has 0 bridgehead atoms. The number of hydrogen-bond donors (Lipinski definition) is 3. The van der Waals surface area contributed by atoms with E-state index < -0.39 is 15.6 Å². The van der Waals surface area contributed by atoms with Crippen molar-refractivity contribution in [2.75, 3.05) is 19.6 Å². The Labute approximate surface area is 146 Å². The molecule has 0 aliphatic carbocycles. The summed E-state index contributed by atoms with van der Waals surface area (Å²) in [6.45, 7) is 1.59. The second-order valence-corrected chi connectivity index (χ2v) is 9.06. The van der Waals surface area contributed by atoms with Crippen molar-refractivity contribution in [3.63, 3.8) is 0 Å². The van der Waals surface area contributed by atoms with E-state index in [1.165, 1.54) is 11.3 Å². The Bertz CT molecular complexity index is 767. The van der Waals surface area contributed by atoms with E-state index in [-0.39, 0.29) is 10.8 Å². The number of sulfonamides is 1. The Kier molecular flexibility index (Phi) is 5.31. The van der Waals surface area contributed by atoms with Crippen molar-refractivity contribution < 1.29 is 13.5 Å². The zero-order valence-corrected chi connectivity index (χ0v) is 14.9. The first kappa shape index (κ1) is 17.5. The number of hydrogen-bond acceptors (Lipinski definition) is 6. The Balaban J connectivity index is 1.70. The molecule has 130 valence electrons. The molecule has 0 unspecified atom stereocenters. The topological polar surface area (TPSA) is 91.3 Å². The molecule has 3 rings (SSSR count). The molecular formula is C16H21N3O3S2. The normalized spacial score (nSPS) is 22.2. The van der Waals surface area contributed by atoms with Crippen LogP contribution in [0.4, 0.5) is 0 Å². The van der Waals surface area contributed by atoms with Crippen LogP contribution in [0.2, 0.25) is 0 Å². The first-order valence-corrected chi connectivity index (χ1v) is 10.2. The highest BCUT2D eigenvalue weighted by atomic mass is 32.2. The predicted octanol–water partition coefficient (Wildman–Crippen LogP) is 1.59. The molecule has 0 amide bonds. The van der Waals surface area contributed by atoms with Crippen LogP contribution in [0.25, 0.3) is 10.6 Å². The average molecular weight is 367 g/mol. The van der Waals surface area contributed by atoms with E-state index in [4.69, 9.17) is 0 Å². The van der Waals surface area contributed by atoms with Gasteiger partial charge in [-0.3, -0.25) is 4.98 Å². The molecule has 0 radical (unpaired) electrons. The lowest BCUT2D eigenvalue weighted by atomic mass is 9.95. The molecule has 3 N–H and O–H groups in total. The van der Waals surface area contributed by atoms with Crippen LogP contribution in [0.5, 0.6) is 0 Å². The van der Waals surface area contributed by atoms with E-state index in [9.17, 15) is 13.5 Å². The molecular weight excluding hydrogens is 346 g/mol. The van der Waals surface area contributed by atoms with Gasteiger partial charge in [0.1, 0.15) is 4.21 Å². The summed E-state index contributed by atoms with van der Waals surface area (Å²) in [5.74, 6) is 0. The first-order chi connectivity index (χ1) is 11.5. The van der Waals surface area contributed by atoms with Gasteiger partial charge in [0, 0.05) is 12.7 Å². The van der Waals surface area contributed by atoms with Gasteiger partial charge in [-0.25, -0.2) is 13.1 Å². The van der Waals surface area contributed by atoms with Gasteiger partial charge in [0.2, 0.25) is 10.0 Å². The minimum absolute atomic E-state index is 0.0355. The molecule has 2 aromatic heterocycles. The fraction of sp³-hybridized carbons (Fsp3) is 0.438. The third-order valence-corrected chi connectivity index (χ3v) is 7.12. The van der Waals surface area contributed by atoms with Crippen molar-refractivity contribution in [3.8, 4) is 10.6 Å². The van der Waals surface area contributed by atoms with E-state index in [0.29, 0.717) is 19.4 Å². The van der Waals surface area contributed by atoms with Gasteiger partial charge in [-0.05, 0) is 56.6 Å². The van der Waals surface area contributed by atoms with Gasteiger partial charge in [0.25, 0.3) is 0 Å². The van der Waals surface area contributed by atoms with Crippen LogP contribution in [0, 0.1) is 0 Å². The number of pyridine rings is 1. The second-order valence-electron chi connectivity index (χ2n) is 5.99. The van der Waals surface area contributed by atoms with Crippen molar-refractivity contribution in [2.45, 2.75) is 29.1 Å². The molecule has 0 spiro atoms. The van der Waals surface area contributed by atoms with Crippen molar-refractivity contribution in [1.82, 2.24) is 15.0 Å². The molecule has 2 aromatic rings. The summed E-state index contributed by atoms with van der Waals surface area (Å²) in [7, 11) is -3.64.